The van der Waals surface area contributed by atoms with Gasteiger partial charge in [-0.05, 0) is 42.1 Å². The van der Waals surface area contributed by atoms with Crippen LogP contribution >= 0.6 is 0 Å². The van der Waals surface area contributed by atoms with E-state index in [-0.39, 0.29) is 5.91 Å². The molecule has 1 aromatic carbocycles. The van der Waals surface area contributed by atoms with Crippen molar-refractivity contribution in [1.29, 1.82) is 0 Å². The van der Waals surface area contributed by atoms with E-state index in [2.05, 4.69) is 41.1 Å². The second-order valence-electron chi connectivity index (χ2n) is 4.80. The molecular formula is C15H21N3O. The lowest BCUT2D eigenvalue weighted by atomic mass is 10.1. The summed E-state index contributed by atoms with van der Waals surface area (Å²) in [5.74, 6) is -0.262. The lowest BCUT2D eigenvalue weighted by Gasteiger charge is -2.06. The number of primary amides is 1. The van der Waals surface area contributed by atoms with Crippen LogP contribution < -0.4 is 11.1 Å². The largest absolute Gasteiger partial charge is 0.370 e. The van der Waals surface area contributed by atoms with Gasteiger partial charge in [-0.1, -0.05) is 13.0 Å². The Morgan fingerprint density at radius 2 is 2.21 bits per heavy atom. The molecule has 0 aliphatic heterocycles. The molecule has 0 radical (unpaired) electrons. The maximum absolute atomic E-state index is 10.8. The van der Waals surface area contributed by atoms with Crippen LogP contribution in [0, 0.1) is 0 Å². The third kappa shape index (κ3) is 3.58. The summed E-state index contributed by atoms with van der Waals surface area (Å²) in [5, 5.41) is 4.60. The minimum atomic E-state index is -0.262. The molecule has 0 atom stereocenters. The van der Waals surface area contributed by atoms with Gasteiger partial charge < -0.3 is 15.6 Å². The van der Waals surface area contributed by atoms with Gasteiger partial charge in [0.2, 0.25) is 5.91 Å². The summed E-state index contributed by atoms with van der Waals surface area (Å²) in [7, 11) is 0. The van der Waals surface area contributed by atoms with Gasteiger partial charge in [0.25, 0.3) is 0 Å². The van der Waals surface area contributed by atoms with Crippen LogP contribution in [0.5, 0.6) is 0 Å². The highest BCUT2D eigenvalue weighted by molar-refractivity contribution is 5.81. The molecule has 0 unspecified atom stereocenters. The predicted molar refractivity (Wildman–Crippen MR) is 77.7 cm³/mol. The van der Waals surface area contributed by atoms with Crippen LogP contribution in [0.25, 0.3) is 10.9 Å². The fourth-order valence-corrected chi connectivity index (χ4v) is 2.19. The zero-order chi connectivity index (χ0) is 13.7. The van der Waals surface area contributed by atoms with Gasteiger partial charge in [-0.25, -0.2) is 0 Å². The normalized spacial score (nSPS) is 11.0. The molecule has 19 heavy (non-hydrogen) atoms. The van der Waals surface area contributed by atoms with Crippen LogP contribution in [0.1, 0.15) is 25.3 Å². The molecule has 0 bridgehead atoms. The molecular weight excluding hydrogens is 238 g/mol. The number of aromatic nitrogens is 1. The summed E-state index contributed by atoms with van der Waals surface area (Å²) < 4.78 is 2.07. The molecule has 0 spiro atoms. The van der Waals surface area contributed by atoms with E-state index in [4.69, 9.17) is 5.73 Å². The molecule has 0 aliphatic carbocycles. The van der Waals surface area contributed by atoms with Crippen LogP contribution in [0.4, 0.5) is 0 Å². The van der Waals surface area contributed by atoms with E-state index in [9.17, 15) is 4.79 Å². The zero-order valence-electron chi connectivity index (χ0n) is 11.4. The number of amides is 1. The Hall–Kier alpha value is -1.81. The van der Waals surface area contributed by atoms with Crippen molar-refractivity contribution in [3.8, 4) is 0 Å². The van der Waals surface area contributed by atoms with E-state index in [0.717, 1.165) is 25.0 Å². The van der Waals surface area contributed by atoms with E-state index >= 15 is 0 Å². The van der Waals surface area contributed by atoms with Crippen LogP contribution in [0.2, 0.25) is 0 Å². The molecule has 1 heterocycles. The third-order valence-electron chi connectivity index (χ3n) is 3.19. The molecule has 0 aliphatic rings. The standard InChI is InChI=1S/C15H21N3O/c1-2-7-17-11-12-3-4-14-13(10-12)5-8-18(14)9-6-15(16)19/h3-5,8,10,17H,2,6-7,9,11H2,1H3,(H2,16,19). The smallest absolute Gasteiger partial charge is 0.219 e. The van der Waals surface area contributed by atoms with Crippen molar-refractivity contribution in [3.05, 3.63) is 36.0 Å². The number of fused-ring (bicyclic) bond motifs is 1. The SMILES string of the molecule is CCCNCc1ccc2c(ccn2CCC(N)=O)c1. The first-order valence-electron chi connectivity index (χ1n) is 6.77. The van der Waals surface area contributed by atoms with E-state index in [1.54, 1.807) is 0 Å². The average Bonchev–Trinajstić information content (AvgIpc) is 2.79. The Kier molecular flexibility index (Phi) is 4.58. The second-order valence-corrected chi connectivity index (χ2v) is 4.80. The van der Waals surface area contributed by atoms with Crippen LogP contribution in [-0.4, -0.2) is 17.0 Å². The number of carbonyl (C=O) groups excluding carboxylic acids is 1. The fourth-order valence-electron chi connectivity index (χ4n) is 2.19. The number of hydrogen-bond donors (Lipinski definition) is 2. The number of hydrogen-bond acceptors (Lipinski definition) is 2. The van der Waals surface area contributed by atoms with Gasteiger partial charge in [-0.3, -0.25) is 4.79 Å². The molecule has 0 saturated heterocycles. The van der Waals surface area contributed by atoms with Crippen LogP contribution in [-0.2, 0) is 17.9 Å². The number of aryl methyl sites for hydroxylation is 1. The Morgan fingerprint density at radius 3 is 2.95 bits per heavy atom. The highest BCUT2D eigenvalue weighted by Crippen LogP contribution is 2.18. The van der Waals surface area contributed by atoms with Crippen molar-refractivity contribution in [2.45, 2.75) is 32.9 Å². The molecule has 0 saturated carbocycles. The topological polar surface area (TPSA) is 60.1 Å². The molecule has 1 aromatic heterocycles. The van der Waals surface area contributed by atoms with Gasteiger partial charge >= 0.3 is 0 Å². The van der Waals surface area contributed by atoms with Crippen LogP contribution in [0.15, 0.2) is 30.5 Å². The van der Waals surface area contributed by atoms with E-state index in [0.29, 0.717) is 13.0 Å². The number of benzene rings is 1. The average molecular weight is 259 g/mol. The number of carbonyl (C=O) groups is 1. The molecule has 0 fully saturated rings. The van der Waals surface area contributed by atoms with Crippen molar-refractivity contribution in [2.75, 3.05) is 6.54 Å². The van der Waals surface area contributed by atoms with E-state index in [1.807, 2.05) is 6.20 Å². The lowest BCUT2D eigenvalue weighted by molar-refractivity contribution is -0.118. The maximum Gasteiger partial charge on any atom is 0.219 e. The number of nitrogens with one attached hydrogen (secondary N) is 1. The van der Waals surface area contributed by atoms with Crippen molar-refractivity contribution in [1.82, 2.24) is 9.88 Å². The fraction of sp³-hybridized carbons (Fsp3) is 0.400. The minimum absolute atomic E-state index is 0.262. The summed E-state index contributed by atoms with van der Waals surface area (Å²) in [4.78, 5) is 10.8. The highest BCUT2D eigenvalue weighted by Gasteiger charge is 2.03. The Balaban J connectivity index is 2.10. The molecule has 4 heteroatoms. The zero-order valence-corrected chi connectivity index (χ0v) is 11.4. The summed E-state index contributed by atoms with van der Waals surface area (Å²) in [5.41, 5.74) is 7.62. The first-order chi connectivity index (χ1) is 9.20. The summed E-state index contributed by atoms with van der Waals surface area (Å²) in [6.45, 7) is 4.75. The molecule has 2 rings (SSSR count). The molecule has 3 N–H and O–H groups in total. The Labute approximate surface area is 113 Å². The number of nitrogens with zero attached hydrogens (tertiary/aromatic N) is 1. The van der Waals surface area contributed by atoms with E-state index in [1.165, 1.54) is 10.9 Å². The summed E-state index contributed by atoms with van der Waals surface area (Å²) in [6, 6.07) is 8.52. The quantitative estimate of drug-likeness (QED) is 0.747. The van der Waals surface area contributed by atoms with Gasteiger partial charge in [0.1, 0.15) is 0 Å². The van der Waals surface area contributed by atoms with Crippen molar-refractivity contribution in [2.24, 2.45) is 5.73 Å². The Bertz CT molecular complexity index is 560. The van der Waals surface area contributed by atoms with Gasteiger partial charge in [0.05, 0.1) is 0 Å². The van der Waals surface area contributed by atoms with Gasteiger partial charge in [-0.15, -0.1) is 0 Å². The maximum atomic E-state index is 10.8. The second kappa shape index (κ2) is 6.38. The third-order valence-corrected chi connectivity index (χ3v) is 3.19. The monoisotopic (exact) mass is 259 g/mol. The summed E-state index contributed by atoms with van der Waals surface area (Å²) in [6.07, 6.45) is 3.53. The highest BCUT2D eigenvalue weighted by atomic mass is 16.1. The molecule has 1 amide bonds. The van der Waals surface area contributed by atoms with Gasteiger partial charge in [-0.2, -0.15) is 0 Å². The number of nitrogens with two attached hydrogens (primary N) is 1. The van der Waals surface area contributed by atoms with Crippen molar-refractivity contribution >= 4 is 16.8 Å². The number of rotatable bonds is 7. The predicted octanol–water partition coefficient (Wildman–Crippen LogP) is 2.02. The van der Waals surface area contributed by atoms with E-state index < -0.39 is 0 Å². The first kappa shape index (κ1) is 13.6. The Morgan fingerprint density at radius 1 is 1.37 bits per heavy atom. The molecule has 4 nitrogen and oxygen atoms in total. The van der Waals surface area contributed by atoms with Crippen molar-refractivity contribution < 1.29 is 4.79 Å². The lowest BCUT2D eigenvalue weighted by Crippen LogP contribution is -2.14. The minimum Gasteiger partial charge on any atom is -0.370 e. The molecule has 102 valence electrons. The molecule has 2 aromatic rings. The summed E-state index contributed by atoms with van der Waals surface area (Å²) >= 11 is 0. The van der Waals surface area contributed by atoms with Gasteiger partial charge in [0, 0.05) is 31.2 Å². The van der Waals surface area contributed by atoms with Crippen LogP contribution in [0.3, 0.4) is 0 Å². The van der Waals surface area contributed by atoms with Gasteiger partial charge in [0.15, 0.2) is 0 Å². The van der Waals surface area contributed by atoms with Crippen molar-refractivity contribution in [3.63, 3.8) is 0 Å². The first-order valence-corrected chi connectivity index (χ1v) is 6.77.